The maximum Gasteiger partial charge on any atom is 0.365 e. The molecule has 0 saturated heterocycles. The van der Waals surface area contributed by atoms with Crippen LogP contribution in [-0.2, 0) is 0 Å². The van der Waals surface area contributed by atoms with E-state index in [1.165, 1.54) is 0 Å². The van der Waals surface area contributed by atoms with Crippen LogP contribution in [0.5, 0.6) is 0 Å². The van der Waals surface area contributed by atoms with E-state index in [0.29, 0.717) is 0 Å². The first-order valence-electron chi connectivity index (χ1n) is 5.24. The van der Waals surface area contributed by atoms with Crippen molar-refractivity contribution in [2.24, 2.45) is 0 Å². The van der Waals surface area contributed by atoms with Gasteiger partial charge in [-0.25, -0.2) is 0 Å². The molecule has 0 aromatic heterocycles. The van der Waals surface area contributed by atoms with Crippen molar-refractivity contribution in [3.63, 3.8) is 0 Å². The molecule has 0 aliphatic carbocycles. The van der Waals surface area contributed by atoms with Crippen LogP contribution in [0.2, 0.25) is 0 Å². The lowest BCUT2D eigenvalue weighted by atomic mass is 10.8. The van der Waals surface area contributed by atoms with Gasteiger partial charge in [0.1, 0.15) is 0 Å². The van der Waals surface area contributed by atoms with E-state index in [9.17, 15) is 0 Å². The van der Waals surface area contributed by atoms with Crippen molar-refractivity contribution in [1.29, 1.82) is 0 Å². The Balaban J connectivity index is 4.19. The topological polar surface area (TPSA) is 48.1 Å². The highest BCUT2D eigenvalue weighted by Gasteiger charge is 2.30. The van der Waals surface area contributed by atoms with Gasteiger partial charge in [0.2, 0.25) is 0 Å². The smallest absolute Gasteiger partial charge is 0.301 e. The molecular weight excluding hydrogens is 180 g/mol. The van der Waals surface area contributed by atoms with Crippen molar-refractivity contribution in [3.8, 4) is 0 Å². The van der Waals surface area contributed by atoms with E-state index in [1.807, 2.05) is 0 Å². The van der Waals surface area contributed by atoms with Gasteiger partial charge >= 0.3 is 8.72 Å². The number of hydrogen-bond donors (Lipinski definition) is 4. The second kappa shape index (κ2) is 7.46. The van der Waals surface area contributed by atoms with Gasteiger partial charge in [-0.05, 0) is 26.2 Å². The van der Waals surface area contributed by atoms with E-state index in [0.717, 1.165) is 26.2 Å². The maximum atomic E-state index is 3.50. The van der Waals surface area contributed by atoms with Gasteiger partial charge in [0.25, 0.3) is 0 Å². The maximum absolute atomic E-state index is 3.50. The molecule has 0 heterocycles. The zero-order chi connectivity index (χ0) is 10.2. The van der Waals surface area contributed by atoms with E-state index in [-0.39, 0.29) is 0 Å². The van der Waals surface area contributed by atoms with Crippen molar-refractivity contribution < 1.29 is 0 Å². The van der Waals surface area contributed by atoms with E-state index in [1.54, 1.807) is 0 Å². The Morgan fingerprint density at radius 3 is 1.00 bits per heavy atom. The Morgan fingerprint density at radius 2 is 0.846 bits per heavy atom. The molecule has 0 saturated carbocycles. The Labute approximate surface area is 83.2 Å². The summed E-state index contributed by atoms with van der Waals surface area (Å²) in [5.74, 6) is 0. The number of hydrogen-bond acceptors (Lipinski definition) is 4. The molecule has 0 aromatic carbocycles. The van der Waals surface area contributed by atoms with Crippen molar-refractivity contribution >= 4 is 8.72 Å². The Bertz CT molecular complexity index is 91.2. The highest BCUT2D eigenvalue weighted by atomic mass is 28.4. The molecule has 4 nitrogen and oxygen atoms in total. The molecule has 0 aliphatic heterocycles. The summed E-state index contributed by atoms with van der Waals surface area (Å²) in [6, 6.07) is 0. The van der Waals surface area contributed by atoms with Crippen LogP contribution < -0.4 is 19.9 Å². The minimum Gasteiger partial charge on any atom is -0.301 e. The fourth-order valence-corrected chi connectivity index (χ4v) is 4.31. The summed E-state index contributed by atoms with van der Waals surface area (Å²) in [4.78, 5) is 14.0. The Kier molecular flexibility index (Phi) is 7.49. The van der Waals surface area contributed by atoms with E-state index in [2.05, 4.69) is 47.6 Å². The molecule has 0 rings (SSSR count). The van der Waals surface area contributed by atoms with Gasteiger partial charge in [0, 0.05) is 0 Å². The first-order valence-corrected chi connectivity index (χ1v) is 7.24. The van der Waals surface area contributed by atoms with Crippen LogP contribution in [0.4, 0.5) is 0 Å². The van der Waals surface area contributed by atoms with Crippen LogP contribution in [0.25, 0.3) is 0 Å². The van der Waals surface area contributed by atoms with Crippen molar-refractivity contribution in [2.75, 3.05) is 26.2 Å². The zero-order valence-corrected chi connectivity index (χ0v) is 10.3. The largest absolute Gasteiger partial charge is 0.365 e. The van der Waals surface area contributed by atoms with Crippen molar-refractivity contribution in [2.45, 2.75) is 27.7 Å². The van der Waals surface area contributed by atoms with E-state index in [4.69, 9.17) is 0 Å². The molecule has 0 aliphatic rings. The lowest BCUT2D eigenvalue weighted by Gasteiger charge is -2.32. The van der Waals surface area contributed by atoms with Crippen molar-refractivity contribution in [3.05, 3.63) is 0 Å². The standard InChI is InChI=1S/C8H24N4Si/c1-5-9-13(10-6-2,11-7-3)12-8-4/h9-12H,5-8H2,1-4H3. The summed E-state index contributed by atoms with van der Waals surface area (Å²) < 4.78 is 0. The molecule has 0 atom stereocenters. The Morgan fingerprint density at radius 1 is 0.615 bits per heavy atom. The third-order valence-corrected chi connectivity index (χ3v) is 5.30. The zero-order valence-electron chi connectivity index (χ0n) is 9.33. The van der Waals surface area contributed by atoms with Crippen LogP contribution in [0, 0.1) is 0 Å². The first kappa shape index (κ1) is 13.1. The predicted molar refractivity (Wildman–Crippen MR) is 60.5 cm³/mol. The normalized spacial score (nSPS) is 12.0. The molecule has 5 heteroatoms. The SMILES string of the molecule is CCN[Si](NCC)(NCC)NCC. The molecule has 0 aromatic rings. The molecule has 13 heavy (non-hydrogen) atoms. The van der Waals surface area contributed by atoms with E-state index >= 15 is 0 Å². The molecule has 80 valence electrons. The van der Waals surface area contributed by atoms with Gasteiger partial charge in [0.15, 0.2) is 0 Å². The quantitative estimate of drug-likeness (QED) is 0.416. The van der Waals surface area contributed by atoms with Crippen LogP contribution >= 0.6 is 0 Å². The minimum absolute atomic E-state index is 0.985. The van der Waals surface area contributed by atoms with Gasteiger partial charge in [0.05, 0.1) is 0 Å². The molecule has 0 radical (unpaired) electrons. The molecule has 0 amide bonds. The predicted octanol–water partition coefficient (Wildman–Crippen LogP) is -0.140. The van der Waals surface area contributed by atoms with Gasteiger partial charge < -0.3 is 19.9 Å². The van der Waals surface area contributed by atoms with Gasteiger partial charge in [-0.15, -0.1) is 0 Å². The average Bonchev–Trinajstić information content (AvgIpc) is 2.06. The van der Waals surface area contributed by atoms with Gasteiger partial charge in [-0.3, -0.25) is 0 Å². The van der Waals surface area contributed by atoms with Gasteiger partial charge in [-0.1, -0.05) is 27.7 Å². The summed E-state index contributed by atoms with van der Waals surface area (Å²) in [6.07, 6.45) is 0. The fraction of sp³-hybridized carbons (Fsp3) is 1.00. The molecule has 0 fully saturated rings. The van der Waals surface area contributed by atoms with Crippen LogP contribution in [0.1, 0.15) is 27.7 Å². The molecule has 0 spiro atoms. The van der Waals surface area contributed by atoms with Gasteiger partial charge in [-0.2, -0.15) is 0 Å². The molecule has 0 bridgehead atoms. The monoisotopic (exact) mass is 204 g/mol. The lowest BCUT2D eigenvalue weighted by molar-refractivity contribution is 0.710. The van der Waals surface area contributed by atoms with Crippen LogP contribution in [0.3, 0.4) is 0 Å². The summed E-state index contributed by atoms with van der Waals surface area (Å²) in [6.45, 7) is 12.5. The number of rotatable bonds is 8. The second-order valence-corrected chi connectivity index (χ2v) is 5.79. The van der Waals surface area contributed by atoms with E-state index < -0.39 is 8.72 Å². The molecule has 0 unspecified atom stereocenters. The third kappa shape index (κ3) is 4.73. The first-order chi connectivity index (χ1) is 6.24. The molecule has 4 N–H and O–H groups in total. The fourth-order valence-electron chi connectivity index (χ4n) is 1.44. The summed E-state index contributed by atoms with van der Waals surface area (Å²) >= 11 is 0. The third-order valence-electron chi connectivity index (χ3n) is 1.77. The molecular formula is C8H24N4Si. The summed E-state index contributed by atoms with van der Waals surface area (Å²) in [5.41, 5.74) is 0. The lowest BCUT2D eigenvalue weighted by Crippen LogP contribution is -2.80. The minimum atomic E-state index is -1.80. The summed E-state index contributed by atoms with van der Waals surface area (Å²) in [5, 5.41) is 0. The highest BCUT2D eigenvalue weighted by Crippen LogP contribution is 1.82. The van der Waals surface area contributed by atoms with Crippen LogP contribution in [-0.4, -0.2) is 34.9 Å². The Hall–Kier alpha value is 0.0569. The van der Waals surface area contributed by atoms with Crippen LogP contribution in [0.15, 0.2) is 0 Å². The number of nitrogens with one attached hydrogen (secondary N) is 4. The summed E-state index contributed by atoms with van der Waals surface area (Å²) in [7, 11) is -1.80. The second-order valence-electron chi connectivity index (χ2n) is 2.87. The van der Waals surface area contributed by atoms with Crippen molar-refractivity contribution in [1.82, 2.24) is 19.9 Å². The highest BCUT2D eigenvalue weighted by molar-refractivity contribution is 6.70. The average molecular weight is 204 g/mol.